The van der Waals surface area contributed by atoms with Crippen LogP contribution in [0.25, 0.3) is 0 Å². The molecule has 0 saturated carbocycles. The first-order valence-corrected chi connectivity index (χ1v) is 9.53. The Morgan fingerprint density at radius 3 is 2.26 bits per heavy atom. The van der Waals surface area contributed by atoms with Gasteiger partial charge in [0, 0.05) is 32.1 Å². The van der Waals surface area contributed by atoms with Gasteiger partial charge in [-0.25, -0.2) is 0 Å². The smallest absolute Gasteiger partial charge is 0.282 e. The van der Waals surface area contributed by atoms with Crippen LogP contribution in [0.15, 0.2) is 30.3 Å². The molecule has 1 aromatic rings. The third kappa shape index (κ3) is 3.88. The van der Waals surface area contributed by atoms with Crippen molar-refractivity contribution in [2.24, 2.45) is 11.7 Å². The molecule has 130 valence electrons. The molecule has 0 amide bonds. The molecule has 2 heterocycles. The molecule has 0 spiro atoms. The fraction of sp³-hybridized carbons (Fsp3) is 0.625. The van der Waals surface area contributed by atoms with E-state index in [0.717, 1.165) is 19.3 Å². The van der Waals surface area contributed by atoms with E-state index in [1.807, 2.05) is 18.2 Å². The Balaban J connectivity index is 0.00000192. The Kier molecular flexibility index (Phi) is 6.45. The lowest BCUT2D eigenvalue weighted by atomic mass is 9.89. The minimum absolute atomic E-state index is 0. The lowest BCUT2D eigenvalue weighted by Gasteiger charge is -2.30. The Morgan fingerprint density at radius 2 is 1.65 bits per heavy atom. The summed E-state index contributed by atoms with van der Waals surface area (Å²) in [6.45, 7) is 2.91. The molecule has 3 rings (SSSR count). The van der Waals surface area contributed by atoms with E-state index in [2.05, 4.69) is 12.1 Å². The van der Waals surface area contributed by atoms with Gasteiger partial charge in [-0.1, -0.05) is 36.8 Å². The topological polar surface area (TPSA) is 66.6 Å². The largest absolute Gasteiger partial charge is 0.330 e. The van der Waals surface area contributed by atoms with E-state index in [4.69, 9.17) is 5.73 Å². The van der Waals surface area contributed by atoms with Crippen molar-refractivity contribution >= 4 is 22.6 Å². The van der Waals surface area contributed by atoms with Gasteiger partial charge < -0.3 is 5.73 Å². The van der Waals surface area contributed by atoms with Crippen LogP contribution in [0.2, 0.25) is 0 Å². The van der Waals surface area contributed by atoms with E-state index in [1.54, 1.807) is 8.61 Å². The normalized spacial score (nSPS) is 26.8. The Hall–Kier alpha value is -0.660. The molecular weight excluding hydrogens is 334 g/mol. The maximum absolute atomic E-state index is 12.8. The standard InChI is InChI=1S/C16H25N3O2S.ClH/c17-11-15-12-19(13-16(15)14-7-3-1-4-8-14)22(20,21)18-9-5-2-6-10-18;/h1,3-4,7-8,15-16H,2,5-6,9-13,17H2;1H/t15-,16+;/m1./s1. The zero-order chi connectivity index (χ0) is 15.6. The van der Waals surface area contributed by atoms with Crippen LogP contribution in [0.4, 0.5) is 0 Å². The summed E-state index contributed by atoms with van der Waals surface area (Å²) in [7, 11) is -3.33. The van der Waals surface area contributed by atoms with Crippen molar-refractivity contribution in [3.63, 3.8) is 0 Å². The van der Waals surface area contributed by atoms with Crippen molar-refractivity contribution in [2.75, 3.05) is 32.7 Å². The third-order valence-electron chi connectivity index (χ3n) is 4.91. The summed E-state index contributed by atoms with van der Waals surface area (Å²) in [4.78, 5) is 0. The summed E-state index contributed by atoms with van der Waals surface area (Å²) in [5, 5.41) is 0. The van der Waals surface area contributed by atoms with Crippen LogP contribution in [-0.4, -0.2) is 49.8 Å². The molecule has 0 radical (unpaired) electrons. The maximum atomic E-state index is 12.8. The first-order valence-electron chi connectivity index (χ1n) is 8.13. The van der Waals surface area contributed by atoms with Gasteiger partial charge in [0.2, 0.25) is 0 Å². The minimum atomic E-state index is -3.33. The number of nitrogens with two attached hydrogens (primary N) is 1. The number of hydrogen-bond donors (Lipinski definition) is 1. The summed E-state index contributed by atoms with van der Waals surface area (Å²) in [6, 6.07) is 10.1. The van der Waals surface area contributed by atoms with Crippen LogP contribution in [0.3, 0.4) is 0 Å². The molecule has 2 N–H and O–H groups in total. The number of benzene rings is 1. The van der Waals surface area contributed by atoms with E-state index in [0.29, 0.717) is 32.7 Å². The molecule has 1 aromatic carbocycles. The van der Waals surface area contributed by atoms with Crippen molar-refractivity contribution in [3.05, 3.63) is 35.9 Å². The highest BCUT2D eigenvalue weighted by molar-refractivity contribution is 7.86. The lowest BCUT2D eigenvalue weighted by Crippen LogP contribution is -2.45. The number of piperidine rings is 1. The van der Waals surface area contributed by atoms with Crippen LogP contribution >= 0.6 is 12.4 Å². The van der Waals surface area contributed by atoms with Crippen molar-refractivity contribution in [1.29, 1.82) is 0 Å². The second-order valence-electron chi connectivity index (χ2n) is 6.30. The molecule has 0 aromatic heterocycles. The van der Waals surface area contributed by atoms with E-state index < -0.39 is 10.2 Å². The molecule has 0 unspecified atom stereocenters. The molecule has 7 heteroatoms. The van der Waals surface area contributed by atoms with Crippen molar-refractivity contribution in [1.82, 2.24) is 8.61 Å². The third-order valence-corrected chi connectivity index (χ3v) is 6.87. The molecule has 5 nitrogen and oxygen atoms in total. The van der Waals surface area contributed by atoms with Gasteiger partial charge in [0.1, 0.15) is 0 Å². The molecule has 2 atom stereocenters. The van der Waals surface area contributed by atoms with Gasteiger partial charge in [0.05, 0.1) is 0 Å². The van der Waals surface area contributed by atoms with Gasteiger partial charge in [0.25, 0.3) is 10.2 Å². The molecule has 23 heavy (non-hydrogen) atoms. The molecule has 0 bridgehead atoms. The van der Waals surface area contributed by atoms with Gasteiger partial charge in [-0.15, -0.1) is 12.4 Å². The average Bonchev–Trinajstić information content (AvgIpc) is 3.01. The monoisotopic (exact) mass is 359 g/mol. The van der Waals surface area contributed by atoms with E-state index >= 15 is 0 Å². The van der Waals surface area contributed by atoms with Crippen LogP contribution in [-0.2, 0) is 10.2 Å². The van der Waals surface area contributed by atoms with E-state index in [9.17, 15) is 8.42 Å². The number of halogens is 1. The number of rotatable bonds is 4. The zero-order valence-electron chi connectivity index (χ0n) is 13.3. The highest BCUT2D eigenvalue weighted by Crippen LogP contribution is 2.34. The molecular formula is C16H26ClN3O2S. The first-order chi connectivity index (χ1) is 10.6. The summed E-state index contributed by atoms with van der Waals surface area (Å²) in [5.41, 5.74) is 7.10. The molecule has 2 fully saturated rings. The Bertz CT molecular complexity index is 591. The van der Waals surface area contributed by atoms with E-state index in [-0.39, 0.29) is 24.2 Å². The maximum Gasteiger partial charge on any atom is 0.282 e. The molecule has 0 aliphatic carbocycles. The zero-order valence-corrected chi connectivity index (χ0v) is 14.9. The molecule has 2 aliphatic heterocycles. The van der Waals surface area contributed by atoms with Crippen LogP contribution in [0.5, 0.6) is 0 Å². The predicted molar refractivity (Wildman–Crippen MR) is 94.9 cm³/mol. The average molecular weight is 360 g/mol. The van der Waals surface area contributed by atoms with Gasteiger partial charge in [-0.3, -0.25) is 0 Å². The van der Waals surface area contributed by atoms with Crippen LogP contribution in [0, 0.1) is 5.92 Å². The van der Waals surface area contributed by atoms with Crippen molar-refractivity contribution < 1.29 is 8.42 Å². The van der Waals surface area contributed by atoms with E-state index in [1.165, 1.54) is 5.56 Å². The van der Waals surface area contributed by atoms with Gasteiger partial charge in [-0.2, -0.15) is 17.0 Å². The van der Waals surface area contributed by atoms with Crippen LogP contribution in [0.1, 0.15) is 30.7 Å². The molecule has 2 aliphatic rings. The van der Waals surface area contributed by atoms with Gasteiger partial charge in [-0.05, 0) is 30.9 Å². The minimum Gasteiger partial charge on any atom is -0.330 e. The quantitative estimate of drug-likeness (QED) is 0.891. The number of hydrogen-bond acceptors (Lipinski definition) is 3. The molecule has 2 saturated heterocycles. The predicted octanol–water partition coefficient (Wildman–Crippen LogP) is 1.81. The SMILES string of the molecule is Cl.NC[C@@H]1CN(S(=O)(=O)N2CCCCC2)C[C@H]1c1ccccc1. The Labute approximate surface area is 145 Å². The highest BCUT2D eigenvalue weighted by atomic mass is 35.5. The van der Waals surface area contributed by atoms with Gasteiger partial charge in [0.15, 0.2) is 0 Å². The Morgan fingerprint density at radius 1 is 1.00 bits per heavy atom. The first kappa shape index (κ1) is 18.7. The van der Waals surface area contributed by atoms with Crippen molar-refractivity contribution in [2.45, 2.75) is 25.2 Å². The lowest BCUT2D eigenvalue weighted by molar-refractivity contribution is 0.314. The summed E-state index contributed by atoms with van der Waals surface area (Å²) >= 11 is 0. The summed E-state index contributed by atoms with van der Waals surface area (Å²) < 4.78 is 29.0. The van der Waals surface area contributed by atoms with Gasteiger partial charge >= 0.3 is 0 Å². The second kappa shape index (κ2) is 7.94. The van der Waals surface area contributed by atoms with Crippen LogP contribution < -0.4 is 5.73 Å². The summed E-state index contributed by atoms with van der Waals surface area (Å²) in [6.07, 6.45) is 3.06. The summed E-state index contributed by atoms with van der Waals surface area (Å²) in [5.74, 6) is 0.396. The van der Waals surface area contributed by atoms with Crippen molar-refractivity contribution in [3.8, 4) is 0 Å². The number of nitrogens with zero attached hydrogens (tertiary/aromatic N) is 2. The fourth-order valence-corrected chi connectivity index (χ4v) is 5.37. The second-order valence-corrected chi connectivity index (χ2v) is 8.23. The highest BCUT2D eigenvalue weighted by Gasteiger charge is 2.41. The fourth-order valence-electron chi connectivity index (χ4n) is 3.60.